The van der Waals surface area contributed by atoms with Crippen LogP contribution in [0.2, 0.25) is 0 Å². The van der Waals surface area contributed by atoms with E-state index in [1.165, 1.54) is 128 Å². The number of carbonyl (C=O) groups is 1. The van der Waals surface area contributed by atoms with Gasteiger partial charge in [0.25, 0.3) is 0 Å². The minimum Gasteiger partial charge on any atom is -0.449 e. The summed E-state index contributed by atoms with van der Waals surface area (Å²) >= 11 is 0. The number of fused-ring (bicyclic) bond motifs is 9. The van der Waals surface area contributed by atoms with E-state index in [9.17, 15) is 4.79 Å². The van der Waals surface area contributed by atoms with Crippen molar-refractivity contribution in [3.05, 3.63) is 237 Å². The molecule has 88 heavy (non-hydrogen) atoms. The van der Waals surface area contributed by atoms with Crippen LogP contribution in [-0.4, -0.2) is 42.6 Å². The average Bonchev–Trinajstić information content (AvgIpc) is 1.24. The smallest absolute Gasteiger partial charge is 0.411 e. The van der Waals surface area contributed by atoms with Gasteiger partial charge in [-0.3, -0.25) is 35.2 Å². The van der Waals surface area contributed by atoms with Crippen molar-refractivity contribution in [2.75, 3.05) is 11.9 Å². The number of nitrogens with one attached hydrogen (secondary N) is 1. The van der Waals surface area contributed by atoms with E-state index < -0.39 is 6.09 Å². The topological polar surface area (TPSA) is 116 Å². The van der Waals surface area contributed by atoms with E-state index in [1.807, 2.05) is 73.3 Å². The molecule has 6 aromatic heterocycles. The zero-order valence-corrected chi connectivity index (χ0v) is 51.9. The van der Waals surface area contributed by atoms with Gasteiger partial charge in [0.1, 0.15) is 0 Å². The second-order valence-corrected chi connectivity index (χ2v) is 22.2. The molecule has 0 fully saturated rings. The summed E-state index contributed by atoms with van der Waals surface area (Å²) in [4.78, 5) is 39.9. The van der Waals surface area contributed by atoms with Crippen molar-refractivity contribution in [1.82, 2.24) is 29.9 Å². The second kappa shape index (κ2) is 32.0. The molecule has 0 spiro atoms. The molecule has 1 N–H and O–H groups in total. The van der Waals surface area contributed by atoms with Crippen molar-refractivity contribution >= 4 is 77.2 Å². The molecule has 9 nitrogen and oxygen atoms in total. The molecule has 0 radical (unpaired) electrons. The fourth-order valence-electron chi connectivity index (χ4n) is 11.8. The first-order valence-electron chi connectivity index (χ1n) is 31.2. The van der Waals surface area contributed by atoms with Gasteiger partial charge in [0.05, 0.1) is 45.4 Å². The number of benzene rings is 7. The first-order chi connectivity index (χ1) is 43.1. The number of nitrogens with zero attached hydrogens (tertiary/aromatic N) is 6. The Labute approximate surface area is 529 Å². The Morgan fingerprint density at radius 3 is 1.01 bits per heavy atom. The quantitative estimate of drug-likeness (QED) is 0.0430. The molecular formula is C78H75N7O2Ru. The third-order valence-corrected chi connectivity index (χ3v) is 16.3. The van der Waals surface area contributed by atoms with Crippen molar-refractivity contribution in [3.63, 3.8) is 0 Å². The summed E-state index contributed by atoms with van der Waals surface area (Å²) in [6.07, 6.45) is 30.4. The van der Waals surface area contributed by atoms with Gasteiger partial charge >= 0.3 is 6.09 Å². The van der Waals surface area contributed by atoms with Gasteiger partial charge in [-0.1, -0.05) is 255 Å². The number of hydrogen-bond donors (Lipinski definition) is 1. The molecule has 0 saturated carbocycles. The molecule has 6 heterocycles. The fourth-order valence-corrected chi connectivity index (χ4v) is 11.8. The predicted octanol–water partition coefficient (Wildman–Crippen LogP) is 21.4. The van der Waals surface area contributed by atoms with Gasteiger partial charge in [-0.25, -0.2) is 4.79 Å². The van der Waals surface area contributed by atoms with Crippen LogP contribution in [0.3, 0.4) is 0 Å². The van der Waals surface area contributed by atoms with Gasteiger partial charge in [-0.15, -0.1) is 0 Å². The third-order valence-electron chi connectivity index (χ3n) is 16.3. The molecule has 7 aromatic carbocycles. The van der Waals surface area contributed by atoms with Crippen LogP contribution >= 0.6 is 0 Å². The molecule has 0 bridgehead atoms. The summed E-state index contributed by atoms with van der Waals surface area (Å²) in [5.74, 6) is 0. The number of aromatic nitrogens is 6. The van der Waals surface area contributed by atoms with E-state index in [2.05, 4.69) is 188 Å². The van der Waals surface area contributed by atoms with Crippen molar-refractivity contribution in [1.29, 1.82) is 0 Å². The van der Waals surface area contributed by atoms with Crippen LogP contribution in [0.5, 0.6) is 0 Å². The van der Waals surface area contributed by atoms with Crippen LogP contribution in [0.1, 0.15) is 103 Å². The molecule has 0 aliphatic rings. The van der Waals surface area contributed by atoms with Crippen LogP contribution < -0.4 is 5.32 Å². The summed E-state index contributed by atoms with van der Waals surface area (Å²) in [7, 11) is 0. The summed E-state index contributed by atoms with van der Waals surface area (Å²) in [6, 6.07) is 68.4. The molecule has 1 amide bonds. The van der Waals surface area contributed by atoms with E-state index in [1.54, 1.807) is 18.5 Å². The zero-order chi connectivity index (χ0) is 59.2. The average molecular weight is 1240 g/mol. The largest absolute Gasteiger partial charge is 0.449 e. The minimum absolute atomic E-state index is 0. The number of ether oxygens (including phenoxy) is 1. The Morgan fingerprint density at radius 1 is 0.318 bits per heavy atom. The maximum Gasteiger partial charge on any atom is 0.411 e. The SMILES string of the molecule is CCCCCCCCCCCCCCCCCOC(=O)Nc1ccnc2c1ccc1cccnc12.[Ru].c1ccc(-c2ccnc3c2ccc2c(-c4ccccc4)ccnc23)cc1.c1ccc(-c2ccnc3c2ccc2c(-c4ccccc4)ccnc23)cc1. The molecule has 0 unspecified atom stereocenters. The molecule has 0 atom stereocenters. The van der Waals surface area contributed by atoms with Gasteiger partial charge in [-0.2, -0.15) is 0 Å². The Balaban J connectivity index is 0.000000147. The van der Waals surface area contributed by atoms with E-state index >= 15 is 0 Å². The van der Waals surface area contributed by atoms with Crippen LogP contribution in [0, 0.1) is 0 Å². The molecule has 13 aromatic rings. The second-order valence-electron chi connectivity index (χ2n) is 22.2. The number of pyridine rings is 6. The van der Waals surface area contributed by atoms with Crippen LogP contribution in [0.25, 0.3) is 110 Å². The third kappa shape index (κ3) is 15.5. The van der Waals surface area contributed by atoms with Gasteiger partial charge in [-0.05, 0) is 93.4 Å². The van der Waals surface area contributed by atoms with Crippen molar-refractivity contribution in [3.8, 4) is 44.5 Å². The van der Waals surface area contributed by atoms with E-state index in [4.69, 9.17) is 4.74 Å². The molecule has 10 heteroatoms. The maximum absolute atomic E-state index is 12.3. The Hall–Kier alpha value is -9.11. The number of hydrogen-bond acceptors (Lipinski definition) is 8. The molecule has 13 rings (SSSR count). The summed E-state index contributed by atoms with van der Waals surface area (Å²) in [5, 5.41) is 9.28. The zero-order valence-electron chi connectivity index (χ0n) is 50.2. The monoisotopic (exact) mass is 1240 g/mol. The van der Waals surface area contributed by atoms with Crippen molar-refractivity contribution in [2.45, 2.75) is 103 Å². The number of carbonyl (C=O) groups excluding carboxylic acids is 1. The predicted molar refractivity (Wildman–Crippen MR) is 363 cm³/mol. The first kappa shape index (κ1) is 62.0. The number of amides is 1. The van der Waals surface area contributed by atoms with Crippen LogP contribution in [0.4, 0.5) is 10.5 Å². The van der Waals surface area contributed by atoms with E-state index in [0.717, 1.165) is 78.3 Å². The Kier molecular flexibility index (Phi) is 22.6. The standard InChI is InChI=1S/C30H43N3O2.2C24H16N2.Ru/c1-2-3-4-5-6-7-8-9-10-11-12-13-14-15-16-24-35-30(34)33-27-21-23-32-29-26(27)20-19-25-18-17-22-31-28(25)29;2*1-3-7-17(8-4-1)19-13-15-25-23-21(19)11-12-22-20(14-16-26-24(22)23)18-9-5-2-6-10-18;/h17-23H,2-16,24H2,1H3,(H,32,33,34);2*1-16H;. The number of unbranched alkanes of at least 4 members (excludes halogenated alkanes) is 14. The van der Waals surface area contributed by atoms with Crippen molar-refractivity contribution in [2.24, 2.45) is 0 Å². The van der Waals surface area contributed by atoms with E-state index in [0.29, 0.717) is 12.3 Å². The van der Waals surface area contributed by atoms with Gasteiger partial charge in [0.15, 0.2) is 0 Å². The summed E-state index contributed by atoms with van der Waals surface area (Å²) < 4.78 is 5.41. The molecular weight excluding hydrogens is 1170 g/mol. The Bertz CT molecular complexity index is 3950. The summed E-state index contributed by atoms with van der Waals surface area (Å²) in [6.45, 7) is 2.73. The molecule has 442 valence electrons. The number of anilines is 1. The molecule has 0 aliphatic carbocycles. The molecule has 0 saturated heterocycles. The number of rotatable bonds is 21. The fraction of sp³-hybridized carbons (Fsp3) is 0.218. The van der Waals surface area contributed by atoms with Gasteiger partial charge < -0.3 is 4.74 Å². The van der Waals surface area contributed by atoms with Crippen LogP contribution in [0.15, 0.2) is 237 Å². The van der Waals surface area contributed by atoms with Crippen molar-refractivity contribution < 1.29 is 29.0 Å². The molecule has 0 aliphatic heterocycles. The van der Waals surface area contributed by atoms with E-state index in [-0.39, 0.29) is 19.5 Å². The Morgan fingerprint density at radius 2 is 0.636 bits per heavy atom. The normalized spacial score (nSPS) is 11.0. The first-order valence-corrected chi connectivity index (χ1v) is 31.2. The van der Waals surface area contributed by atoms with Crippen LogP contribution in [-0.2, 0) is 24.2 Å². The van der Waals surface area contributed by atoms with Gasteiger partial charge in [0.2, 0.25) is 0 Å². The maximum atomic E-state index is 12.3. The summed E-state index contributed by atoms with van der Waals surface area (Å²) in [5.41, 5.74) is 15.6. The minimum atomic E-state index is -0.413. The van der Waals surface area contributed by atoms with Gasteiger partial charge in [0, 0.05) is 89.0 Å².